The largest absolute Gasteiger partial charge is 0.497 e. The average Bonchev–Trinajstić information content (AvgIpc) is 2.92. The molecule has 0 heterocycles. The van der Waals surface area contributed by atoms with Gasteiger partial charge in [-0.2, -0.15) is 0 Å². The fourth-order valence-corrected chi connectivity index (χ4v) is 5.20. The van der Waals surface area contributed by atoms with Crippen LogP contribution in [0.1, 0.15) is 30.5 Å². The number of anilines is 1. The first kappa shape index (κ1) is 30.7. The molecular weight excluding hydrogens is 526 g/mol. The van der Waals surface area contributed by atoms with E-state index in [1.54, 1.807) is 24.3 Å². The molecule has 0 bridgehead atoms. The van der Waals surface area contributed by atoms with Crippen molar-refractivity contribution < 1.29 is 22.7 Å². The summed E-state index contributed by atoms with van der Waals surface area (Å²) in [5.74, 6) is -0.0949. The summed E-state index contributed by atoms with van der Waals surface area (Å²) in [7, 11) is -2.36. The Hall–Kier alpha value is -3.85. The predicted octanol–water partition coefficient (Wildman–Crippen LogP) is 4.18. The van der Waals surface area contributed by atoms with E-state index in [0.29, 0.717) is 18.0 Å². The fraction of sp³-hybridized carbons (Fsp3) is 0.355. The lowest BCUT2D eigenvalue weighted by molar-refractivity contribution is -0.140. The summed E-state index contributed by atoms with van der Waals surface area (Å²) in [6, 6.07) is 22.9. The Morgan fingerprint density at radius 2 is 1.60 bits per heavy atom. The standard InChI is InChI=1S/C31H39N3O5S/c1-23(2)20-32-31(36)29(18-25-12-7-6-8-13-25)33(21-26-14-9-11-24(3)17-26)30(35)22-34(40(5,37)38)27-15-10-16-28(19-27)39-4/h6-17,19,23,29H,18,20-22H2,1-5H3,(H,32,36). The maximum atomic E-state index is 14.1. The van der Waals surface area contributed by atoms with E-state index in [2.05, 4.69) is 5.32 Å². The minimum absolute atomic E-state index is 0.142. The monoisotopic (exact) mass is 565 g/mol. The van der Waals surface area contributed by atoms with Crippen LogP contribution in [0.25, 0.3) is 0 Å². The van der Waals surface area contributed by atoms with Crippen molar-refractivity contribution >= 4 is 27.5 Å². The van der Waals surface area contributed by atoms with Crippen LogP contribution in [0.2, 0.25) is 0 Å². The van der Waals surface area contributed by atoms with Crippen LogP contribution < -0.4 is 14.4 Å². The van der Waals surface area contributed by atoms with Gasteiger partial charge in [-0.25, -0.2) is 8.42 Å². The fourth-order valence-electron chi connectivity index (χ4n) is 4.36. The smallest absolute Gasteiger partial charge is 0.244 e. The molecule has 0 saturated carbocycles. The van der Waals surface area contributed by atoms with Crippen LogP contribution in [0.3, 0.4) is 0 Å². The first-order valence-corrected chi connectivity index (χ1v) is 15.1. The molecule has 0 fully saturated rings. The van der Waals surface area contributed by atoms with E-state index >= 15 is 0 Å². The normalized spacial score (nSPS) is 12.1. The van der Waals surface area contributed by atoms with Crippen molar-refractivity contribution in [1.82, 2.24) is 10.2 Å². The van der Waals surface area contributed by atoms with Gasteiger partial charge in [0, 0.05) is 25.6 Å². The molecular formula is C31H39N3O5S. The molecule has 0 aliphatic rings. The zero-order valence-electron chi connectivity index (χ0n) is 23.8. The molecule has 0 saturated heterocycles. The number of hydrogen-bond acceptors (Lipinski definition) is 5. The van der Waals surface area contributed by atoms with Crippen molar-refractivity contribution in [2.24, 2.45) is 5.92 Å². The maximum absolute atomic E-state index is 14.1. The number of carbonyl (C=O) groups excluding carboxylic acids is 2. The van der Waals surface area contributed by atoms with Gasteiger partial charge >= 0.3 is 0 Å². The first-order valence-electron chi connectivity index (χ1n) is 13.3. The molecule has 0 spiro atoms. The molecule has 214 valence electrons. The second-order valence-electron chi connectivity index (χ2n) is 10.3. The van der Waals surface area contributed by atoms with Gasteiger partial charge in [-0.3, -0.25) is 13.9 Å². The van der Waals surface area contributed by atoms with Crippen LogP contribution in [-0.2, 0) is 32.6 Å². The average molecular weight is 566 g/mol. The molecule has 3 rings (SSSR count). The minimum Gasteiger partial charge on any atom is -0.497 e. The number of aryl methyl sites for hydroxylation is 1. The molecule has 3 aromatic carbocycles. The van der Waals surface area contributed by atoms with Gasteiger partial charge in [-0.15, -0.1) is 0 Å². The van der Waals surface area contributed by atoms with Crippen LogP contribution in [0.5, 0.6) is 5.75 Å². The highest BCUT2D eigenvalue weighted by atomic mass is 32.2. The van der Waals surface area contributed by atoms with Gasteiger partial charge in [0.1, 0.15) is 18.3 Å². The number of methoxy groups -OCH3 is 1. The SMILES string of the molecule is COc1cccc(N(CC(=O)N(Cc2cccc(C)c2)C(Cc2ccccc2)C(=O)NCC(C)C)S(C)(=O)=O)c1. The summed E-state index contributed by atoms with van der Waals surface area (Å²) in [4.78, 5) is 29.2. The molecule has 3 aromatic rings. The van der Waals surface area contributed by atoms with Gasteiger partial charge in [0.25, 0.3) is 0 Å². The molecule has 1 atom stereocenters. The highest BCUT2D eigenvalue weighted by Crippen LogP contribution is 2.24. The Kier molecular flexibility index (Phi) is 10.7. The summed E-state index contributed by atoms with van der Waals surface area (Å²) in [6.07, 6.45) is 1.34. The predicted molar refractivity (Wildman–Crippen MR) is 159 cm³/mol. The van der Waals surface area contributed by atoms with Crippen LogP contribution >= 0.6 is 0 Å². The molecule has 9 heteroatoms. The molecule has 0 aromatic heterocycles. The molecule has 2 amide bonds. The van der Waals surface area contributed by atoms with Gasteiger partial charge < -0.3 is 15.0 Å². The van der Waals surface area contributed by atoms with Crippen molar-refractivity contribution in [3.63, 3.8) is 0 Å². The third kappa shape index (κ3) is 8.84. The van der Waals surface area contributed by atoms with E-state index in [4.69, 9.17) is 4.74 Å². The lowest BCUT2D eigenvalue weighted by Crippen LogP contribution is -2.53. The second kappa shape index (κ2) is 14.0. The molecule has 0 aliphatic heterocycles. The number of hydrogen-bond donors (Lipinski definition) is 1. The summed E-state index contributed by atoms with van der Waals surface area (Å²) >= 11 is 0. The quantitative estimate of drug-likeness (QED) is 0.336. The number of ether oxygens (including phenoxy) is 1. The molecule has 40 heavy (non-hydrogen) atoms. The third-order valence-corrected chi connectivity index (χ3v) is 7.55. The lowest BCUT2D eigenvalue weighted by Gasteiger charge is -2.33. The zero-order chi connectivity index (χ0) is 29.3. The molecule has 0 radical (unpaired) electrons. The number of benzene rings is 3. The van der Waals surface area contributed by atoms with Gasteiger partial charge in [0.05, 0.1) is 19.1 Å². The lowest BCUT2D eigenvalue weighted by atomic mass is 10.0. The van der Waals surface area contributed by atoms with E-state index in [1.165, 1.54) is 12.0 Å². The number of nitrogens with zero attached hydrogens (tertiary/aromatic N) is 2. The molecule has 8 nitrogen and oxygen atoms in total. The topological polar surface area (TPSA) is 96.0 Å². The van der Waals surface area contributed by atoms with Crippen LogP contribution in [0, 0.1) is 12.8 Å². The Labute approximate surface area is 238 Å². The second-order valence-corrected chi connectivity index (χ2v) is 12.2. The Bertz CT molecular complexity index is 1390. The van der Waals surface area contributed by atoms with E-state index in [9.17, 15) is 18.0 Å². The number of sulfonamides is 1. The number of amides is 2. The van der Waals surface area contributed by atoms with E-state index in [1.807, 2.05) is 75.4 Å². The Morgan fingerprint density at radius 3 is 2.23 bits per heavy atom. The van der Waals surface area contributed by atoms with Gasteiger partial charge in [0.2, 0.25) is 21.8 Å². The van der Waals surface area contributed by atoms with Gasteiger partial charge in [0.15, 0.2) is 0 Å². The summed E-state index contributed by atoms with van der Waals surface area (Å²) in [5.41, 5.74) is 3.05. The van der Waals surface area contributed by atoms with Crippen molar-refractivity contribution in [2.75, 3.05) is 30.8 Å². The van der Waals surface area contributed by atoms with E-state index in [-0.39, 0.29) is 24.8 Å². The van der Waals surface area contributed by atoms with E-state index < -0.39 is 28.5 Å². The van der Waals surface area contributed by atoms with Crippen molar-refractivity contribution in [3.8, 4) is 5.75 Å². The Morgan fingerprint density at radius 1 is 0.925 bits per heavy atom. The van der Waals surface area contributed by atoms with Crippen molar-refractivity contribution in [3.05, 3.63) is 95.6 Å². The number of rotatable bonds is 13. The third-order valence-electron chi connectivity index (χ3n) is 6.41. The Balaban J connectivity index is 2.05. The molecule has 1 N–H and O–H groups in total. The van der Waals surface area contributed by atoms with Gasteiger partial charge in [-0.05, 0) is 36.1 Å². The highest BCUT2D eigenvalue weighted by Gasteiger charge is 2.33. The van der Waals surface area contributed by atoms with Gasteiger partial charge in [-0.1, -0.05) is 80.1 Å². The first-order chi connectivity index (χ1) is 19.0. The van der Waals surface area contributed by atoms with Crippen LogP contribution in [0.15, 0.2) is 78.9 Å². The number of carbonyl (C=O) groups is 2. The van der Waals surface area contributed by atoms with Crippen LogP contribution in [0.4, 0.5) is 5.69 Å². The zero-order valence-corrected chi connectivity index (χ0v) is 24.6. The molecule has 0 aliphatic carbocycles. The summed E-state index contributed by atoms with van der Waals surface area (Å²) < 4.78 is 32.1. The van der Waals surface area contributed by atoms with Crippen molar-refractivity contribution in [2.45, 2.75) is 39.8 Å². The van der Waals surface area contributed by atoms with E-state index in [0.717, 1.165) is 27.3 Å². The minimum atomic E-state index is -3.85. The maximum Gasteiger partial charge on any atom is 0.244 e. The molecule has 1 unspecified atom stereocenters. The number of nitrogens with one attached hydrogen (secondary N) is 1. The summed E-state index contributed by atoms with van der Waals surface area (Å²) in [6.45, 7) is 6.08. The summed E-state index contributed by atoms with van der Waals surface area (Å²) in [5, 5.41) is 2.98. The highest BCUT2D eigenvalue weighted by molar-refractivity contribution is 7.92. The van der Waals surface area contributed by atoms with Crippen LogP contribution in [-0.4, -0.2) is 57.6 Å². The van der Waals surface area contributed by atoms with Crippen molar-refractivity contribution in [1.29, 1.82) is 0 Å².